The van der Waals surface area contributed by atoms with Gasteiger partial charge in [-0.2, -0.15) is 5.10 Å². The molecule has 0 spiro atoms. The van der Waals surface area contributed by atoms with Crippen molar-refractivity contribution in [2.24, 2.45) is 5.41 Å². The fourth-order valence-corrected chi connectivity index (χ4v) is 3.52. The first-order valence-electron chi connectivity index (χ1n) is 10.2. The summed E-state index contributed by atoms with van der Waals surface area (Å²) in [6.45, 7) is 7.26. The van der Waals surface area contributed by atoms with E-state index >= 15 is 0 Å². The molecular weight excluding hydrogens is 398 g/mol. The van der Waals surface area contributed by atoms with E-state index in [4.69, 9.17) is 0 Å². The lowest BCUT2D eigenvalue weighted by atomic mass is 9.95. The van der Waals surface area contributed by atoms with Crippen LogP contribution in [0, 0.1) is 5.41 Å². The Morgan fingerprint density at radius 1 is 0.968 bits per heavy atom. The molecule has 0 saturated carbocycles. The highest BCUT2D eigenvalue weighted by atomic mass is 16.3. The van der Waals surface area contributed by atoms with Crippen LogP contribution in [0.3, 0.4) is 0 Å². The first kappa shape index (κ1) is 20.9. The van der Waals surface area contributed by atoms with Crippen molar-refractivity contribution in [2.45, 2.75) is 20.4 Å². The van der Waals surface area contributed by atoms with Gasteiger partial charge in [0.1, 0.15) is 23.7 Å². The molecule has 3 aromatic heterocycles. The number of piperazine rings is 1. The highest BCUT2D eigenvalue weighted by molar-refractivity contribution is 5.47. The summed E-state index contributed by atoms with van der Waals surface area (Å²) in [5.41, 5.74) is -0.0389. The highest BCUT2D eigenvalue weighted by Crippen LogP contribution is 2.20. The zero-order valence-corrected chi connectivity index (χ0v) is 17.7. The van der Waals surface area contributed by atoms with Gasteiger partial charge in [-0.1, -0.05) is 13.8 Å². The van der Waals surface area contributed by atoms with Gasteiger partial charge in [-0.25, -0.2) is 24.0 Å². The van der Waals surface area contributed by atoms with Crippen LogP contribution in [0.15, 0.2) is 47.8 Å². The Balaban J connectivity index is 1.42. The first-order valence-corrected chi connectivity index (χ1v) is 10.2. The Bertz CT molecular complexity index is 1070. The van der Waals surface area contributed by atoms with Gasteiger partial charge < -0.3 is 20.0 Å². The Labute approximate surface area is 180 Å². The van der Waals surface area contributed by atoms with E-state index in [0.29, 0.717) is 12.2 Å². The molecule has 2 N–H and O–H groups in total. The second-order valence-corrected chi connectivity index (χ2v) is 8.49. The monoisotopic (exact) mass is 425 g/mol. The second kappa shape index (κ2) is 8.38. The fraction of sp³-hybridized carbons (Fsp3) is 0.429. The molecule has 0 atom stereocenters. The van der Waals surface area contributed by atoms with Crippen molar-refractivity contribution < 1.29 is 10.2 Å². The van der Waals surface area contributed by atoms with Crippen LogP contribution >= 0.6 is 0 Å². The minimum atomic E-state index is -0.428. The van der Waals surface area contributed by atoms with Gasteiger partial charge >= 0.3 is 5.69 Å². The summed E-state index contributed by atoms with van der Waals surface area (Å²) in [6.07, 6.45) is 4.61. The van der Waals surface area contributed by atoms with Crippen LogP contribution in [0.4, 0.5) is 11.6 Å². The number of nitrogens with zero attached hydrogens (tertiary/aromatic N) is 7. The van der Waals surface area contributed by atoms with Crippen LogP contribution in [0.25, 0.3) is 5.69 Å². The van der Waals surface area contributed by atoms with Gasteiger partial charge in [0.2, 0.25) is 0 Å². The lowest BCUT2D eigenvalue weighted by molar-refractivity contribution is 0.135. The summed E-state index contributed by atoms with van der Waals surface area (Å²) in [5, 5.41) is 23.0. The van der Waals surface area contributed by atoms with Crippen molar-refractivity contribution in [1.82, 2.24) is 24.3 Å². The third kappa shape index (κ3) is 4.53. The molecule has 3 aromatic rings. The van der Waals surface area contributed by atoms with Crippen LogP contribution in [0.1, 0.15) is 13.8 Å². The Morgan fingerprint density at radius 2 is 1.58 bits per heavy atom. The molecule has 0 bridgehead atoms. The smallest absolute Gasteiger partial charge is 0.350 e. The van der Waals surface area contributed by atoms with Crippen LogP contribution in [0.2, 0.25) is 0 Å². The van der Waals surface area contributed by atoms with E-state index in [2.05, 4.69) is 24.9 Å². The van der Waals surface area contributed by atoms with Crippen molar-refractivity contribution in [3.63, 3.8) is 0 Å². The van der Waals surface area contributed by atoms with E-state index in [9.17, 15) is 15.0 Å². The average Bonchev–Trinajstić information content (AvgIpc) is 3.14. The minimum absolute atomic E-state index is 0.0291. The predicted molar refractivity (Wildman–Crippen MR) is 117 cm³/mol. The number of aromatic hydroxyl groups is 1. The maximum Gasteiger partial charge on any atom is 0.350 e. The molecule has 10 heteroatoms. The van der Waals surface area contributed by atoms with Gasteiger partial charge in [0.15, 0.2) is 0 Å². The van der Waals surface area contributed by atoms with Gasteiger partial charge in [-0.05, 0) is 24.3 Å². The highest BCUT2D eigenvalue weighted by Gasteiger charge is 2.21. The van der Waals surface area contributed by atoms with E-state index in [0.717, 1.165) is 37.8 Å². The van der Waals surface area contributed by atoms with Crippen molar-refractivity contribution in [2.75, 3.05) is 42.6 Å². The summed E-state index contributed by atoms with van der Waals surface area (Å²) >= 11 is 0. The summed E-state index contributed by atoms with van der Waals surface area (Å²) in [7, 11) is 0. The van der Waals surface area contributed by atoms with E-state index in [1.165, 1.54) is 21.8 Å². The second-order valence-electron chi connectivity index (χ2n) is 8.49. The van der Waals surface area contributed by atoms with Crippen LogP contribution in [0.5, 0.6) is 5.75 Å². The van der Waals surface area contributed by atoms with Gasteiger partial charge in [0.05, 0.1) is 24.6 Å². The van der Waals surface area contributed by atoms with Gasteiger partial charge in [-0.3, -0.25) is 0 Å². The predicted octanol–water partition coefficient (Wildman–Crippen LogP) is 0.875. The maximum absolute atomic E-state index is 12.7. The normalized spacial score (nSPS) is 14.8. The Kier molecular flexibility index (Phi) is 5.64. The third-order valence-electron chi connectivity index (χ3n) is 5.41. The lowest BCUT2D eigenvalue weighted by Gasteiger charge is -2.36. The van der Waals surface area contributed by atoms with Crippen molar-refractivity contribution in [3.8, 4) is 11.4 Å². The average molecular weight is 425 g/mol. The largest absolute Gasteiger partial charge is 0.506 e. The molecule has 4 rings (SSSR count). The number of anilines is 2. The van der Waals surface area contributed by atoms with Crippen LogP contribution < -0.4 is 15.5 Å². The molecule has 0 unspecified atom stereocenters. The molecule has 0 aliphatic carbocycles. The molecule has 0 aromatic carbocycles. The number of hydrogen-bond donors (Lipinski definition) is 2. The first-order chi connectivity index (χ1) is 14.9. The topological polar surface area (TPSA) is 113 Å². The molecule has 10 nitrogen and oxygen atoms in total. The van der Waals surface area contributed by atoms with Gasteiger partial charge in [0.25, 0.3) is 0 Å². The van der Waals surface area contributed by atoms with Crippen molar-refractivity contribution >= 4 is 11.6 Å². The molecule has 164 valence electrons. The summed E-state index contributed by atoms with van der Waals surface area (Å²) < 4.78 is 2.82. The summed E-state index contributed by atoms with van der Waals surface area (Å²) in [4.78, 5) is 25.8. The van der Waals surface area contributed by atoms with Crippen LogP contribution in [-0.2, 0) is 6.54 Å². The van der Waals surface area contributed by atoms with E-state index in [1.807, 2.05) is 32.0 Å². The van der Waals surface area contributed by atoms with E-state index < -0.39 is 5.41 Å². The molecule has 0 radical (unpaired) electrons. The zero-order valence-electron chi connectivity index (χ0n) is 17.7. The number of rotatable bonds is 6. The quantitative estimate of drug-likeness (QED) is 0.598. The van der Waals surface area contributed by atoms with Crippen molar-refractivity contribution in [1.29, 1.82) is 0 Å². The van der Waals surface area contributed by atoms with E-state index in [-0.39, 0.29) is 18.0 Å². The van der Waals surface area contributed by atoms with Gasteiger partial charge in [-0.15, -0.1) is 0 Å². The zero-order chi connectivity index (χ0) is 22.0. The Hall–Kier alpha value is -3.40. The standard InChI is InChI=1S/C21H27N7O3/c1-21(2,14-29)13-28-20(31)27(15-24-28)16-3-5-18(22-11-16)25-7-9-26(10-8-25)19-6-4-17(30)12-23-19/h3-6,11-12,15,29-30H,7-10,13-14H2,1-2H3. The van der Waals surface area contributed by atoms with Crippen molar-refractivity contribution in [3.05, 3.63) is 53.5 Å². The molecular formula is C21H27N7O3. The van der Waals surface area contributed by atoms with Gasteiger partial charge in [0, 0.05) is 38.2 Å². The minimum Gasteiger partial charge on any atom is -0.506 e. The lowest BCUT2D eigenvalue weighted by Crippen LogP contribution is -2.47. The van der Waals surface area contributed by atoms with Crippen LogP contribution in [-0.4, -0.2) is 67.3 Å². The molecule has 1 saturated heterocycles. The third-order valence-corrected chi connectivity index (χ3v) is 5.41. The molecule has 1 aliphatic heterocycles. The fourth-order valence-electron chi connectivity index (χ4n) is 3.52. The molecule has 1 aliphatic rings. The number of aliphatic hydroxyl groups is 1. The SMILES string of the molecule is CC(C)(CO)Cn1ncn(-c2ccc(N3CCN(c4ccc(O)cn4)CC3)nc2)c1=O. The summed E-state index contributed by atoms with van der Waals surface area (Å²) in [5.74, 6) is 1.86. The molecule has 0 amide bonds. The number of hydrogen-bond acceptors (Lipinski definition) is 8. The van der Waals surface area contributed by atoms with E-state index in [1.54, 1.807) is 12.3 Å². The maximum atomic E-state index is 12.7. The molecule has 1 fully saturated rings. The number of aliphatic hydroxyl groups excluding tert-OH is 1. The molecule has 4 heterocycles. The Morgan fingerprint density at radius 3 is 2.10 bits per heavy atom. The molecule has 31 heavy (non-hydrogen) atoms. The number of pyridine rings is 2. The summed E-state index contributed by atoms with van der Waals surface area (Å²) in [6, 6.07) is 7.23. The number of aromatic nitrogens is 5.